The van der Waals surface area contributed by atoms with Gasteiger partial charge in [-0.3, -0.25) is 29.0 Å². The van der Waals surface area contributed by atoms with Crippen LogP contribution in [0.1, 0.15) is 106 Å². The average Bonchev–Trinajstić information content (AvgIpc) is 3.44. The van der Waals surface area contributed by atoms with E-state index in [1.54, 1.807) is 36.4 Å². The van der Waals surface area contributed by atoms with E-state index in [9.17, 15) is 19.2 Å². The van der Waals surface area contributed by atoms with Crippen LogP contribution in [0.25, 0.3) is 0 Å². The van der Waals surface area contributed by atoms with Crippen molar-refractivity contribution >= 4 is 23.6 Å². The quantitative estimate of drug-likeness (QED) is 0.163. The van der Waals surface area contributed by atoms with Crippen LogP contribution in [-0.4, -0.2) is 46.0 Å². The first-order chi connectivity index (χ1) is 22.4. The number of carbonyl (C=O) groups is 4. The summed E-state index contributed by atoms with van der Waals surface area (Å²) in [5.74, 6) is 1.04. The van der Waals surface area contributed by atoms with Gasteiger partial charge in [0.1, 0.15) is 23.0 Å². The standard InChI is InChI=1S/C39H38N2O6/c1-7-21-39(5,8-2)41-36(44)31-20-18-29(23-33(31)37(41)45)47-27-15-11-25(12-16-27)38(3,4)24-9-13-26(14-10-24)46-28-17-19-30-32(22-28)35(43)40(6)34(30)42/h9-20,22-23H,7-8,21H2,1-6H3. The predicted molar refractivity (Wildman–Crippen MR) is 179 cm³/mol. The summed E-state index contributed by atoms with van der Waals surface area (Å²) in [7, 11) is 1.47. The highest BCUT2D eigenvalue weighted by molar-refractivity contribution is 6.22. The van der Waals surface area contributed by atoms with Crippen molar-refractivity contribution in [3.63, 3.8) is 0 Å². The van der Waals surface area contributed by atoms with Crippen molar-refractivity contribution in [2.45, 2.75) is 64.8 Å². The zero-order valence-electron chi connectivity index (χ0n) is 27.5. The molecule has 8 nitrogen and oxygen atoms in total. The number of hydrogen-bond acceptors (Lipinski definition) is 6. The summed E-state index contributed by atoms with van der Waals surface area (Å²) in [6.07, 6.45) is 2.32. The van der Waals surface area contributed by atoms with Crippen molar-refractivity contribution in [3.8, 4) is 23.0 Å². The SMILES string of the molecule is CCCC(C)(CC)N1C(=O)c2ccc(Oc3ccc(C(C)(C)c4ccc(Oc5ccc6c(c5)C(=O)N(C)C6=O)cc4)cc3)cc2C1=O. The Labute approximate surface area is 274 Å². The molecule has 2 aliphatic heterocycles. The Kier molecular flexibility index (Phi) is 8.00. The maximum atomic E-state index is 13.4. The van der Waals surface area contributed by atoms with Gasteiger partial charge in [0.2, 0.25) is 0 Å². The van der Waals surface area contributed by atoms with Gasteiger partial charge >= 0.3 is 0 Å². The highest BCUT2D eigenvalue weighted by Crippen LogP contribution is 2.38. The predicted octanol–water partition coefficient (Wildman–Crippen LogP) is 8.39. The molecule has 47 heavy (non-hydrogen) atoms. The van der Waals surface area contributed by atoms with Crippen LogP contribution >= 0.6 is 0 Å². The van der Waals surface area contributed by atoms with Gasteiger partial charge in [0.15, 0.2) is 0 Å². The molecule has 0 fully saturated rings. The summed E-state index contributed by atoms with van der Waals surface area (Å²) in [5.41, 5.74) is 2.80. The first kappa shape index (κ1) is 31.7. The van der Waals surface area contributed by atoms with Crippen LogP contribution < -0.4 is 9.47 Å². The molecule has 1 unspecified atom stereocenters. The fraction of sp³-hybridized carbons (Fsp3) is 0.282. The molecule has 0 radical (unpaired) electrons. The minimum atomic E-state index is -0.525. The van der Waals surface area contributed by atoms with E-state index in [0.717, 1.165) is 28.9 Å². The highest BCUT2D eigenvalue weighted by Gasteiger charge is 2.45. The number of amides is 4. The first-order valence-electron chi connectivity index (χ1n) is 15.9. The monoisotopic (exact) mass is 630 g/mol. The first-order valence-corrected chi connectivity index (χ1v) is 15.9. The maximum absolute atomic E-state index is 13.4. The van der Waals surface area contributed by atoms with Crippen molar-refractivity contribution in [1.82, 2.24) is 9.80 Å². The van der Waals surface area contributed by atoms with Crippen LogP contribution in [0.15, 0.2) is 84.9 Å². The van der Waals surface area contributed by atoms with Gasteiger partial charge in [-0.1, -0.05) is 58.4 Å². The van der Waals surface area contributed by atoms with E-state index >= 15 is 0 Å². The van der Waals surface area contributed by atoms with Crippen molar-refractivity contribution < 1.29 is 28.7 Å². The van der Waals surface area contributed by atoms with E-state index in [1.807, 2.05) is 62.4 Å². The lowest BCUT2D eigenvalue weighted by Crippen LogP contribution is -2.49. The van der Waals surface area contributed by atoms with Crippen LogP contribution in [0.5, 0.6) is 23.0 Å². The van der Waals surface area contributed by atoms with Gasteiger partial charge in [0, 0.05) is 18.0 Å². The minimum Gasteiger partial charge on any atom is -0.457 e. The lowest BCUT2D eigenvalue weighted by molar-refractivity contribution is 0.0423. The third-order valence-electron chi connectivity index (χ3n) is 9.63. The Bertz CT molecular complexity index is 1910. The third kappa shape index (κ3) is 5.47. The fourth-order valence-electron chi connectivity index (χ4n) is 6.48. The number of carbonyl (C=O) groups excluding carboxylic acids is 4. The molecule has 0 aliphatic carbocycles. The number of imide groups is 2. The second-order valence-electron chi connectivity index (χ2n) is 13.0. The van der Waals surface area contributed by atoms with Crippen LogP contribution in [0.2, 0.25) is 0 Å². The fourth-order valence-corrected chi connectivity index (χ4v) is 6.48. The highest BCUT2D eigenvalue weighted by atomic mass is 16.5. The molecule has 2 heterocycles. The molecular weight excluding hydrogens is 592 g/mol. The number of ether oxygens (including phenoxy) is 2. The Morgan fingerprint density at radius 2 is 0.957 bits per heavy atom. The van der Waals surface area contributed by atoms with Crippen molar-refractivity contribution in [1.29, 1.82) is 0 Å². The van der Waals surface area contributed by atoms with Gasteiger partial charge in [0.05, 0.1) is 22.3 Å². The minimum absolute atomic E-state index is 0.244. The maximum Gasteiger partial charge on any atom is 0.262 e. The molecule has 0 N–H and O–H groups in total. The second kappa shape index (κ2) is 11.8. The summed E-state index contributed by atoms with van der Waals surface area (Å²) in [5, 5.41) is 0. The smallest absolute Gasteiger partial charge is 0.262 e. The zero-order chi connectivity index (χ0) is 33.7. The largest absolute Gasteiger partial charge is 0.457 e. The van der Waals surface area contributed by atoms with Crippen molar-refractivity contribution in [2.24, 2.45) is 0 Å². The summed E-state index contributed by atoms with van der Waals surface area (Å²) in [4.78, 5) is 53.7. The number of hydrogen-bond donors (Lipinski definition) is 0. The number of rotatable bonds is 10. The molecule has 240 valence electrons. The summed E-state index contributed by atoms with van der Waals surface area (Å²) in [6, 6.07) is 25.6. The Balaban J connectivity index is 1.14. The molecule has 0 bridgehead atoms. The molecule has 8 heteroatoms. The van der Waals surface area contributed by atoms with Crippen LogP contribution in [0.4, 0.5) is 0 Å². The molecular formula is C39H38N2O6. The number of benzene rings is 4. The molecule has 4 aromatic carbocycles. The third-order valence-corrected chi connectivity index (χ3v) is 9.63. The van der Waals surface area contributed by atoms with Crippen LogP contribution in [-0.2, 0) is 5.41 Å². The van der Waals surface area contributed by atoms with Gasteiger partial charge < -0.3 is 9.47 Å². The molecule has 0 aromatic heterocycles. The van der Waals surface area contributed by atoms with E-state index in [2.05, 4.69) is 20.8 Å². The summed E-state index contributed by atoms with van der Waals surface area (Å²) in [6.45, 7) is 10.3. The van der Waals surface area contributed by atoms with E-state index in [1.165, 1.54) is 11.9 Å². The van der Waals surface area contributed by atoms with E-state index in [0.29, 0.717) is 51.7 Å². The van der Waals surface area contributed by atoms with E-state index in [-0.39, 0.29) is 29.0 Å². The average molecular weight is 631 g/mol. The van der Waals surface area contributed by atoms with Gasteiger partial charge in [-0.2, -0.15) is 0 Å². The molecule has 6 rings (SSSR count). The summed E-state index contributed by atoms with van der Waals surface area (Å²) >= 11 is 0. The molecule has 4 aromatic rings. The normalized spacial score (nSPS) is 15.5. The Morgan fingerprint density at radius 1 is 0.553 bits per heavy atom. The van der Waals surface area contributed by atoms with Crippen molar-refractivity contribution in [3.05, 3.63) is 118 Å². The molecule has 0 saturated carbocycles. The Hall–Kier alpha value is -5.24. The molecule has 2 aliphatic rings. The van der Waals surface area contributed by atoms with E-state index in [4.69, 9.17) is 9.47 Å². The van der Waals surface area contributed by atoms with Gasteiger partial charge in [-0.05, 0) is 91.6 Å². The molecule has 4 amide bonds. The zero-order valence-corrected chi connectivity index (χ0v) is 27.5. The lowest BCUT2D eigenvalue weighted by atomic mass is 9.78. The van der Waals surface area contributed by atoms with Gasteiger partial charge in [-0.15, -0.1) is 0 Å². The van der Waals surface area contributed by atoms with Gasteiger partial charge in [-0.25, -0.2) is 0 Å². The second-order valence-corrected chi connectivity index (χ2v) is 13.0. The van der Waals surface area contributed by atoms with Crippen LogP contribution in [0, 0.1) is 0 Å². The number of fused-ring (bicyclic) bond motifs is 2. The van der Waals surface area contributed by atoms with Crippen LogP contribution in [0.3, 0.4) is 0 Å². The molecule has 0 spiro atoms. The van der Waals surface area contributed by atoms with Gasteiger partial charge in [0.25, 0.3) is 23.6 Å². The molecule has 1 atom stereocenters. The molecule has 0 saturated heterocycles. The topological polar surface area (TPSA) is 93.2 Å². The summed E-state index contributed by atoms with van der Waals surface area (Å²) < 4.78 is 12.1. The van der Waals surface area contributed by atoms with Crippen molar-refractivity contribution in [2.75, 3.05) is 7.05 Å². The number of nitrogens with zero attached hydrogens (tertiary/aromatic N) is 2. The van der Waals surface area contributed by atoms with E-state index < -0.39 is 5.54 Å². The lowest BCUT2D eigenvalue weighted by Gasteiger charge is -2.36. The Morgan fingerprint density at radius 3 is 1.43 bits per heavy atom.